The van der Waals surface area contributed by atoms with Crippen molar-refractivity contribution in [3.8, 4) is 22.8 Å². The van der Waals surface area contributed by atoms with Crippen LogP contribution in [0.5, 0.6) is 5.75 Å². The monoisotopic (exact) mass is 483 g/mol. The summed E-state index contributed by atoms with van der Waals surface area (Å²) in [5, 5.41) is 17.2. The zero-order valence-corrected chi connectivity index (χ0v) is 18.7. The van der Waals surface area contributed by atoms with E-state index in [1.807, 2.05) is 31.2 Å². The molecule has 35 heavy (non-hydrogen) atoms. The van der Waals surface area contributed by atoms with Crippen LogP contribution in [0.2, 0.25) is 0 Å². The van der Waals surface area contributed by atoms with Gasteiger partial charge in [-0.3, -0.25) is 4.98 Å². The number of nitrogens with zero attached hydrogens (tertiary/aromatic N) is 4. The zero-order valence-electron chi connectivity index (χ0n) is 18.7. The zero-order chi connectivity index (χ0) is 25.2. The van der Waals surface area contributed by atoms with Gasteiger partial charge in [-0.25, -0.2) is 9.78 Å². The number of aromatic carboxylic acids is 1. The number of aryl methyl sites for hydroxylation is 2. The molecule has 0 aliphatic rings. The molecule has 0 radical (unpaired) electrons. The van der Waals surface area contributed by atoms with Crippen molar-refractivity contribution < 1.29 is 27.8 Å². The van der Waals surface area contributed by atoms with Gasteiger partial charge in [-0.1, -0.05) is 25.1 Å². The van der Waals surface area contributed by atoms with Gasteiger partial charge in [0.1, 0.15) is 11.6 Å². The van der Waals surface area contributed by atoms with E-state index in [-0.39, 0.29) is 5.69 Å². The van der Waals surface area contributed by atoms with Gasteiger partial charge in [0.25, 0.3) is 0 Å². The summed E-state index contributed by atoms with van der Waals surface area (Å²) < 4.78 is 43.2. The van der Waals surface area contributed by atoms with Crippen LogP contribution in [-0.2, 0) is 6.42 Å². The summed E-state index contributed by atoms with van der Waals surface area (Å²) >= 11 is 0. The summed E-state index contributed by atoms with van der Waals surface area (Å²) in [6.07, 6.45) is -1.09. The van der Waals surface area contributed by atoms with Gasteiger partial charge in [0.05, 0.1) is 22.6 Å². The fourth-order valence-corrected chi connectivity index (χ4v) is 3.48. The third-order valence-electron chi connectivity index (χ3n) is 5.11. The first-order valence-corrected chi connectivity index (χ1v) is 10.5. The van der Waals surface area contributed by atoms with E-state index >= 15 is 0 Å². The van der Waals surface area contributed by atoms with Gasteiger partial charge in [0.2, 0.25) is 0 Å². The average molecular weight is 483 g/mol. The topological polar surface area (TPSA) is 102 Å². The minimum atomic E-state index is -4.95. The van der Waals surface area contributed by atoms with Crippen LogP contribution in [0.4, 0.5) is 24.7 Å². The molecule has 2 heterocycles. The van der Waals surface area contributed by atoms with Gasteiger partial charge in [-0.2, -0.15) is 9.78 Å². The quantitative estimate of drug-likeness (QED) is 0.356. The van der Waals surface area contributed by atoms with Crippen LogP contribution in [0.1, 0.15) is 28.5 Å². The molecule has 4 aromatic rings. The number of hydrogen-bond acceptors (Lipinski definition) is 6. The van der Waals surface area contributed by atoms with Gasteiger partial charge in [0, 0.05) is 24.0 Å². The molecular formula is C24H20F3N5O3. The summed E-state index contributed by atoms with van der Waals surface area (Å²) in [5.41, 5.74) is 2.73. The Hall–Kier alpha value is -4.41. The summed E-state index contributed by atoms with van der Waals surface area (Å²) in [6.45, 7) is 3.78. The molecule has 8 nitrogen and oxygen atoms in total. The van der Waals surface area contributed by atoms with Gasteiger partial charge >= 0.3 is 12.3 Å². The molecule has 0 aliphatic carbocycles. The Bertz CT molecular complexity index is 1390. The first kappa shape index (κ1) is 23.7. The van der Waals surface area contributed by atoms with Crippen molar-refractivity contribution in [1.29, 1.82) is 0 Å². The van der Waals surface area contributed by atoms with E-state index in [9.17, 15) is 23.1 Å². The highest BCUT2D eigenvalue weighted by Crippen LogP contribution is 2.32. The Morgan fingerprint density at radius 1 is 1.11 bits per heavy atom. The summed E-state index contributed by atoms with van der Waals surface area (Å²) in [7, 11) is 0. The molecule has 2 aromatic heterocycles. The molecule has 0 bridgehead atoms. The number of benzene rings is 2. The van der Waals surface area contributed by atoms with Crippen LogP contribution in [-0.4, -0.2) is 37.2 Å². The first-order chi connectivity index (χ1) is 16.6. The van der Waals surface area contributed by atoms with E-state index in [1.165, 1.54) is 23.1 Å². The maximum Gasteiger partial charge on any atom is 0.573 e. The number of hydrogen-bond donors (Lipinski definition) is 2. The summed E-state index contributed by atoms with van der Waals surface area (Å²) in [6, 6.07) is 12.5. The molecular weight excluding hydrogens is 463 g/mol. The molecule has 0 saturated carbocycles. The largest absolute Gasteiger partial charge is 0.573 e. The molecule has 0 aliphatic heterocycles. The van der Waals surface area contributed by atoms with E-state index in [2.05, 4.69) is 25.1 Å². The second kappa shape index (κ2) is 9.45. The number of aromatic nitrogens is 4. The molecule has 11 heteroatoms. The summed E-state index contributed by atoms with van der Waals surface area (Å²) in [5.74, 6) is -1.33. The molecule has 0 fully saturated rings. The second-order valence-electron chi connectivity index (χ2n) is 7.53. The van der Waals surface area contributed by atoms with Crippen LogP contribution in [0.15, 0.2) is 60.9 Å². The van der Waals surface area contributed by atoms with Crippen LogP contribution in [0.3, 0.4) is 0 Å². The molecule has 180 valence electrons. The van der Waals surface area contributed by atoms with Crippen LogP contribution in [0, 0.1) is 6.92 Å². The fourth-order valence-electron chi connectivity index (χ4n) is 3.48. The molecule has 0 atom stereocenters. The standard InChI is InChI=1S/C24H20F3N5O3/c1-3-15-5-4-6-16(11-15)20-13-21(32(31-20)22-14(2)28-9-10-29-22)30-19-8-7-17(35-24(25,26)27)12-18(19)23(33)34/h4-13,30H,3H2,1-2H3,(H,33,34). The molecule has 0 amide bonds. The van der Waals surface area contributed by atoms with Crippen molar-refractivity contribution in [3.63, 3.8) is 0 Å². The SMILES string of the molecule is CCc1cccc(-c2cc(Nc3ccc(OC(F)(F)F)cc3C(=O)O)n(-c3nccnc3C)n2)c1. The highest BCUT2D eigenvalue weighted by molar-refractivity contribution is 5.95. The molecule has 0 spiro atoms. The van der Waals surface area contributed by atoms with Crippen LogP contribution < -0.4 is 10.1 Å². The Morgan fingerprint density at radius 3 is 2.57 bits per heavy atom. The predicted molar refractivity (Wildman–Crippen MR) is 122 cm³/mol. The van der Waals surface area contributed by atoms with Gasteiger partial charge in [-0.05, 0) is 43.2 Å². The van der Waals surface area contributed by atoms with E-state index in [0.717, 1.165) is 29.7 Å². The molecule has 4 rings (SSSR count). The highest BCUT2D eigenvalue weighted by atomic mass is 19.4. The molecule has 0 saturated heterocycles. The number of carboxylic acid groups (broad SMARTS) is 1. The van der Waals surface area contributed by atoms with E-state index in [1.54, 1.807) is 13.0 Å². The number of ether oxygens (including phenoxy) is 1. The minimum absolute atomic E-state index is 0.0450. The Balaban J connectivity index is 1.81. The maximum absolute atomic E-state index is 12.6. The Morgan fingerprint density at radius 2 is 1.89 bits per heavy atom. The number of anilines is 2. The molecule has 2 aromatic carbocycles. The lowest BCUT2D eigenvalue weighted by Crippen LogP contribution is -2.17. The van der Waals surface area contributed by atoms with E-state index < -0.39 is 23.6 Å². The van der Waals surface area contributed by atoms with Gasteiger partial charge < -0.3 is 15.2 Å². The second-order valence-corrected chi connectivity index (χ2v) is 7.53. The van der Waals surface area contributed by atoms with Crippen molar-refractivity contribution in [2.75, 3.05) is 5.32 Å². The van der Waals surface area contributed by atoms with Crippen LogP contribution in [0.25, 0.3) is 17.1 Å². The van der Waals surface area contributed by atoms with Crippen molar-refractivity contribution in [3.05, 3.63) is 77.7 Å². The van der Waals surface area contributed by atoms with Crippen molar-refractivity contribution in [1.82, 2.24) is 19.7 Å². The normalized spacial score (nSPS) is 11.3. The lowest BCUT2D eigenvalue weighted by molar-refractivity contribution is -0.274. The lowest BCUT2D eigenvalue weighted by Gasteiger charge is -2.14. The van der Waals surface area contributed by atoms with Crippen molar-refractivity contribution >= 4 is 17.5 Å². The number of nitrogens with one attached hydrogen (secondary N) is 1. The Labute approximate surface area is 198 Å². The lowest BCUT2D eigenvalue weighted by atomic mass is 10.1. The average Bonchev–Trinajstić information content (AvgIpc) is 3.23. The third kappa shape index (κ3) is 5.40. The number of alkyl halides is 3. The Kier molecular flexibility index (Phi) is 6.41. The number of carbonyl (C=O) groups is 1. The fraction of sp³-hybridized carbons (Fsp3) is 0.167. The number of rotatable bonds is 7. The van der Waals surface area contributed by atoms with Gasteiger partial charge in [0.15, 0.2) is 5.82 Å². The smallest absolute Gasteiger partial charge is 0.478 e. The minimum Gasteiger partial charge on any atom is -0.478 e. The number of carboxylic acids is 1. The predicted octanol–water partition coefficient (Wildman–Crippen LogP) is 5.54. The highest BCUT2D eigenvalue weighted by Gasteiger charge is 2.31. The van der Waals surface area contributed by atoms with E-state index in [0.29, 0.717) is 23.0 Å². The van der Waals surface area contributed by atoms with Crippen molar-refractivity contribution in [2.45, 2.75) is 26.6 Å². The van der Waals surface area contributed by atoms with Gasteiger partial charge in [-0.15, -0.1) is 13.2 Å². The van der Waals surface area contributed by atoms with Crippen LogP contribution >= 0.6 is 0 Å². The maximum atomic E-state index is 12.6. The van der Waals surface area contributed by atoms with Crippen molar-refractivity contribution in [2.24, 2.45) is 0 Å². The first-order valence-electron chi connectivity index (χ1n) is 10.5. The third-order valence-corrected chi connectivity index (χ3v) is 5.11. The molecule has 0 unspecified atom stereocenters. The molecule has 2 N–H and O–H groups in total. The number of halogens is 3. The van der Waals surface area contributed by atoms with E-state index in [4.69, 9.17) is 0 Å². The summed E-state index contributed by atoms with van der Waals surface area (Å²) in [4.78, 5) is 20.4.